The average molecular weight is 372 g/mol. The van der Waals surface area contributed by atoms with Crippen LogP contribution in [-0.4, -0.2) is 48.9 Å². The van der Waals surface area contributed by atoms with Crippen molar-refractivity contribution in [3.63, 3.8) is 0 Å². The van der Waals surface area contributed by atoms with Crippen LogP contribution in [0.2, 0.25) is 0 Å². The van der Waals surface area contributed by atoms with Crippen LogP contribution in [0.3, 0.4) is 0 Å². The third-order valence-electron chi connectivity index (χ3n) is 4.85. The number of amides is 2. The van der Waals surface area contributed by atoms with E-state index in [0.717, 1.165) is 31.5 Å². The highest BCUT2D eigenvalue weighted by molar-refractivity contribution is 7.12. The lowest BCUT2D eigenvalue weighted by Crippen LogP contribution is -2.53. The summed E-state index contributed by atoms with van der Waals surface area (Å²) in [4.78, 5) is 28.1. The number of rotatable bonds is 6. The van der Waals surface area contributed by atoms with Gasteiger partial charge in [0.1, 0.15) is 6.04 Å². The molecule has 2 N–H and O–H groups in total. The monoisotopic (exact) mass is 371 g/mol. The van der Waals surface area contributed by atoms with Crippen molar-refractivity contribution in [1.29, 1.82) is 0 Å². The van der Waals surface area contributed by atoms with Crippen molar-refractivity contribution >= 4 is 23.2 Å². The van der Waals surface area contributed by atoms with Crippen LogP contribution < -0.4 is 10.6 Å². The van der Waals surface area contributed by atoms with Gasteiger partial charge < -0.3 is 15.5 Å². The van der Waals surface area contributed by atoms with Gasteiger partial charge >= 0.3 is 0 Å². The first-order valence-electron chi connectivity index (χ1n) is 9.01. The molecule has 3 rings (SSSR count). The second-order valence-corrected chi connectivity index (χ2v) is 7.53. The SMILES string of the molecule is CNC1CCN(C(=O)C(Cc2ccccc2)NC(=O)c2cccs2)CC1. The van der Waals surface area contributed by atoms with Crippen LogP contribution in [0.15, 0.2) is 47.8 Å². The number of likely N-dealkylation sites (tertiary alicyclic amines) is 1. The summed E-state index contributed by atoms with van der Waals surface area (Å²) < 4.78 is 0. The largest absolute Gasteiger partial charge is 0.341 e. The second-order valence-electron chi connectivity index (χ2n) is 6.58. The van der Waals surface area contributed by atoms with Gasteiger partial charge in [-0.15, -0.1) is 11.3 Å². The minimum atomic E-state index is -0.543. The quantitative estimate of drug-likeness (QED) is 0.819. The lowest BCUT2D eigenvalue weighted by atomic mass is 10.0. The Kier molecular flexibility index (Phi) is 6.41. The van der Waals surface area contributed by atoms with Crippen LogP contribution in [-0.2, 0) is 11.2 Å². The second kappa shape index (κ2) is 8.96. The van der Waals surface area contributed by atoms with Crippen molar-refractivity contribution in [2.45, 2.75) is 31.3 Å². The Hall–Kier alpha value is -2.18. The molecule has 1 fully saturated rings. The molecule has 1 unspecified atom stereocenters. The van der Waals surface area contributed by atoms with Crippen LogP contribution in [0, 0.1) is 0 Å². The Morgan fingerprint density at radius 3 is 2.50 bits per heavy atom. The summed E-state index contributed by atoms with van der Waals surface area (Å²) in [5.41, 5.74) is 1.04. The summed E-state index contributed by atoms with van der Waals surface area (Å²) in [5, 5.41) is 8.10. The molecule has 138 valence electrons. The molecule has 2 amide bonds. The van der Waals surface area contributed by atoms with E-state index >= 15 is 0 Å². The van der Waals surface area contributed by atoms with Crippen molar-refractivity contribution in [2.75, 3.05) is 20.1 Å². The number of thiophene rings is 1. The van der Waals surface area contributed by atoms with Crippen LogP contribution in [0.25, 0.3) is 0 Å². The maximum Gasteiger partial charge on any atom is 0.262 e. The molecule has 0 radical (unpaired) electrons. The molecule has 6 heteroatoms. The topological polar surface area (TPSA) is 61.4 Å². The molecule has 0 saturated carbocycles. The maximum absolute atomic E-state index is 13.1. The first kappa shape index (κ1) is 18.6. The van der Waals surface area contributed by atoms with Gasteiger partial charge in [0.05, 0.1) is 4.88 Å². The van der Waals surface area contributed by atoms with Crippen molar-refractivity contribution in [2.24, 2.45) is 0 Å². The normalized spacial score (nSPS) is 16.3. The molecule has 1 aromatic carbocycles. The highest BCUT2D eigenvalue weighted by atomic mass is 32.1. The Balaban J connectivity index is 1.71. The molecule has 1 saturated heterocycles. The minimum absolute atomic E-state index is 0.00770. The van der Waals surface area contributed by atoms with Crippen molar-refractivity contribution in [3.8, 4) is 0 Å². The smallest absolute Gasteiger partial charge is 0.262 e. The third kappa shape index (κ3) is 4.71. The standard InChI is InChI=1S/C20H25N3O2S/c1-21-16-9-11-23(12-10-16)20(25)17(14-15-6-3-2-4-7-15)22-19(24)18-8-5-13-26-18/h2-8,13,16-17,21H,9-12,14H2,1H3,(H,22,24). The molecule has 2 aromatic rings. The lowest BCUT2D eigenvalue weighted by Gasteiger charge is -2.34. The molecule has 0 aliphatic carbocycles. The highest BCUT2D eigenvalue weighted by Crippen LogP contribution is 2.15. The molecular weight excluding hydrogens is 346 g/mol. The van der Waals surface area contributed by atoms with E-state index in [2.05, 4.69) is 10.6 Å². The van der Waals surface area contributed by atoms with Crippen LogP contribution >= 0.6 is 11.3 Å². The van der Waals surface area contributed by atoms with E-state index < -0.39 is 6.04 Å². The Labute approximate surface area is 158 Å². The summed E-state index contributed by atoms with van der Waals surface area (Å²) >= 11 is 1.38. The summed E-state index contributed by atoms with van der Waals surface area (Å²) in [6, 6.07) is 13.4. The predicted molar refractivity (Wildman–Crippen MR) is 104 cm³/mol. The maximum atomic E-state index is 13.1. The number of nitrogens with one attached hydrogen (secondary N) is 2. The fraction of sp³-hybridized carbons (Fsp3) is 0.400. The molecule has 26 heavy (non-hydrogen) atoms. The van der Waals surface area contributed by atoms with E-state index in [0.29, 0.717) is 17.3 Å². The van der Waals surface area contributed by atoms with Gasteiger partial charge in [-0.25, -0.2) is 0 Å². The number of carbonyl (C=O) groups is 2. The summed E-state index contributed by atoms with van der Waals surface area (Å²) in [5.74, 6) is -0.173. The van der Waals surface area contributed by atoms with Gasteiger partial charge in [-0.1, -0.05) is 36.4 Å². The minimum Gasteiger partial charge on any atom is -0.341 e. The van der Waals surface area contributed by atoms with E-state index in [1.54, 1.807) is 6.07 Å². The van der Waals surface area contributed by atoms with Gasteiger partial charge in [0.25, 0.3) is 5.91 Å². The van der Waals surface area contributed by atoms with Gasteiger partial charge in [0, 0.05) is 25.6 Å². The zero-order chi connectivity index (χ0) is 18.4. The number of hydrogen-bond acceptors (Lipinski definition) is 4. The van der Waals surface area contributed by atoms with Gasteiger partial charge in [0.2, 0.25) is 5.91 Å². The van der Waals surface area contributed by atoms with Gasteiger partial charge in [0.15, 0.2) is 0 Å². The number of nitrogens with zero attached hydrogens (tertiary/aromatic N) is 1. The molecule has 1 aliphatic rings. The Bertz CT molecular complexity index is 710. The van der Waals surface area contributed by atoms with Crippen molar-refractivity contribution in [1.82, 2.24) is 15.5 Å². The number of carbonyl (C=O) groups excluding carboxylic acids is 2. The fourth-order valence-electron chi connectivity index (χ4n) is 3.30. The molecule has 0 spiro atoms. The molecule has 1 aliphatic heterocycles. The summed E-state index contributed by atoms with van der Waals surface area (Å²) in [6.07, 6.45) is 2.39. The first-order valence-corrected chi connectivity index (χ1v) is 9.89. The molecule has 2 heterocycles. The zero-order valence-corrected chi connectivity index (χ0v) is 15.8. The number of hydrogen-bond donors (Lipinski definition) is 2. The van der Waals surface area contributed by atoms with E-state index in [9.17, 15) is 9.59 Å². The number of benzene rings is 1. The fourth-order valence-corrected chi connectivity index (χ4v) is 3.92. The highest BCUT2D eigenvalue weighted by Gasteiger charge is 2.29. The summed E-state index contributed by atoms with van der Waals surface area (Å²) in [7, 11) is 1.96. The van der Waals surface area contributed by atoms with Gasteiger partial charge in [-0.05, 0) is 36.9 Å². The average Bonchev–Trinajstić information content (AvgIpc) is 3.23. The Morgan fingerprint density at radius 1 is 1.15 bits per heavy atom. The Morgan fingerprint density at radius 2 is 1.88 bits per heavy atom. The van der Waals surface area contributed by atoms with Gasteiger partial charge in [-0.3, -0.25) is 9.59 Å². The number of piperidine rings is 1. The lowest BCUT2D eigenvalue weighted by molar-refractivity contribution is -0.134. The third-order valence-corrected chi connectivity index (χ3v) is 5.71. The van der Waals surface area contributed by atoms with Crippen LogP contribution in [0.4, 0.5) is 0 Å². The molecule has 0 bridgehead atoms. The molecule has 1 aromatic heterocycles. The van der Waals surface area contributed by atoms with Crippen molar-refractivity contribution < 1.29 is 9.59 Å². The van der Waals surface area contributed by atoms with Crippen LogP contribution in [0.1, 0.15) is 28.1 Å². The van der Waals surface area contributed by atoms with E-state index in [1.165, 1.54) is 11.3 Å². The van der Waals surface area contributed by atoms with E-state index in [4.69, 9.17) is 0 Å². The zero-order valence-electron chi connectivity index (χ0n) is 15.0. The van der Waals surface area contributed by atoms with Crippen LogP contribution in [0.5, 0.6) is 0 Å². The molecule has 1 atom stereocenters. The first-order chi connectivity index (χ1) is 12.7. The van der Waals surface area contributed by atoms with Gasteiger partial charge in [-0.2, -0.15) is 0 Å². The molecule has 5 nitrogen and oxygen atoms in total. The van der Waals surface area contributed by atoms with Crippen molar-refractivity contribution in [3.05, 3.63) is 58.3 Å². The molecular formula is C20H25N3O2S. The summed E-state index contributed by atoms with van der Waals surface area (Å²) in [6.45, 7) is 1.45. The van der Waals surface area contributed by atoms with E-state index in [-0.39, 0.29) is 11.8 Å². The predicted octanol–water partition coefficient (Wildman–Crippen LogP) is 2.30. The van der Waals surface area contributed by atoms with E-state index in [1.807, 2.05) is 53.7 Å².